The summed E-state index contributed by atoms with van der Waals surface area (Å²) in [6, 6.07) is 1.65. The van der Waals surface area contributed by atoms with Gasteiger partial charge in [-0.2, -0.15) is 0 Å². The molecule has 0 spiro atoms. The third-order valence-electron chi connectivity index (χ3n) is 2.07. The maximum atomic E-state index is 13.4. The van der Waals surface area contributed by atoms with Gasteiger partial charge < -0.3 is 5.21 Å². The zero-order chi connectivity index (χ0) is 10.0. The first-order valence-corrected chi connectivity index (χ1v) is 4.26. The molecule has 0 atom stereocenters. The van der Waals surface area contributed by atoms with Crippen LogP contribution in [0.5, 0.6) is 0 Å². The standard InChI is InChI=1S/C9H11ClFNO/c1-5-7(4-12-13)3-8(10)6(2)9(5)11/h3,12-13H,4H2,1-2H3. The second kappa shape index (κ2) is 4.05. The fourth-order valence-corrected chi connectivity index (χ4v) is 1.38. The number of hydrogen-bond acceptors (Lipinski definition) is 2. The van der Waals surface area contributed by atoms with Crippen molar-refractivity contribution in [3.05, 3.63) is 33.6 Å². The van der Waals surface area contributed by atoms with Crippen LogP contribution < -0.4 is 5.48 Å². The molecule has 0 aliphatic carbocycles. The van der Waals surface area contributed by atoms with E-state index in [0.29, 0.717) is 21.7 Å². The third kappa shape index (κ3) is 1.99. The predicted molar refractivity (Wildman–Crippen MR) is 49.5 cm³/mol. The minimum Gasteiger partial charge on any atom is -0.316 e. The maximum Gasteiger partial charge on any atom is 0.130 e. The van der Waals surface area contributed by atoms with E-state index in [1.54, 1.807) is 19.9 Å². The summed E-state index contributed by atoms with van der Waals surface area (Å²) < 4.78 is 13.4. The van der Waals surface area contributed by atoms with Gasteiger partial charge in [0, 0.05) is 17.1 Å². The van der Waals surface area contributed by atoms with E-state index < -0.39 is 0 Å². The van der Waals surface area contributed by atoms with Crippen LogP contribution in [-0.2, 0) is 6.54 Å². The second-order valence-corrected chi connectivity index (χ2v) is 3.32. The van der Waals surface area contributed by atoms with Crippen LogP contribution in [0.1, 0.15) is 16.7 Å². The Morgan fingerprint density at radius 1 is 1.46 bits per heavy atom. The topological polar surface area (TPSA) is 32.3 Å². The van der Waals surface area contributed by atoms with Crippen molar-refractivity contribution in [1.29, 1.82) is 0 Å². The molecule has 0 saturated heterocycles. The van der Waals surface area contributed by atoms with E-state index in [4.69, 9.17) is 16.8 Å². The minimum absolute atomic E-state index is 0.197. The van der Waals surface area contributed by atoms with Crippen LogP contribution >= 0.6 is 11.6 Å². The van der Waals surface area contributed by atoms with Gasteiger partial charge in [0.15, 0.2) is 0 Å². The number of benzene rings is 1. The smallest absolute Gasteiger partial charge is 0.130 e. The molecular formula is C9H11ClFNO. The highest BCUT2D eigenvalue weighted by molar-refractivity contribution is 6.31. The van der Waals surface area contributed by atoms with Crippen LogP contribution in [0.25, 0.3) is 0 Å². The van der Waals surface area contributed by atoms with Crippen molar-refractivity contribution in [1.82, 2.24) is 5.48 Å². The Hall–Kier alpha value is -0.640. The average molecular weight is 204 g/mol. The van der Waals surface area contributed by atoms with Crippen LogP contribution in [-0.4, -0.2) is 5.21 Å². The molecule has 72 valence electrons. The second-order valence-electron chi connectivity index (χ2n) is 2.92. The SMILES string of the molecule is Cc1c(Cl)cc(CNO)c(C)c1F. The first-order valence-electron chi connectivity index (χ1n) is 3.89. The first kappa shape index (κ1) is 10.4. The largest absolute Gasteiger partial charge is 0.316 e. The van der Waals surface area contributed by atoms with Gasteiger partial charge in [-0.25, -0.2) is 9.87 Å². The summed E-state index contributed by atoms with van der Waals surface area (Å²) in [5, 5.41) is 8.86. The number of hydrogen-bond donors (Lipinski definition) is 2. The lowest BCUT2D eigenvalue weighted by atomic mass is 10.0. The van der Waals surface area contributed by atoms with Gasteiger partial charge in [-0.3, -0.25) is 0 Å². The molecular weight excluding hydrogens is 193 g/mol. The van der Waals surface area contributed by atoms with E-state index in [1.165, 1.54) is 0 Å². The van der Waals surface area contributed by atoms with Crippen LogP contribution in [0.3, 0.4) is 0 Å². The van der Waals surface area contributed by atoms with Gasteiger partial charge in [-0.15, -0.1) is 0 Å². The zero-order valence-corrected chi connectivity index (χ0v) is 8.24. The number of halogens is 2. The van der Waals surface area contributed by atoms with E-state index in [1.807, 2.05) is 5.48 Å². The van der Waals surface area contributed by atoms with Crippen molar-refractivity contribution in [2.75, 3.05) is 0 Å². The van der Waals surface area contributed by atoms with E-state index in [-0.39, 0.29) is 12.4 Å². The van der Waals surface area contributed by atoms with E-state index >= 15 is 0 Å². The molecule has 2 N–H and O–H groups in total. The quantitative estimate of drug-likeness (QED) is 0.725. The third-order valence-corrected chi connectivity index (χ3v) is 2.46. The van der Waals surface area contributed by atoms with Gasteiger partial charge in [-0.1, -0.05) is 11.6 Å². The molecule has 0 bridgehead atoms. The van der Waals surface area contributed by atoms with Crippen LogP contribution in [0, 0.1) is 19.7 Å². The molecule has 2 nitrogen and oxygen atoms in total. The molecule has 4 heteroatoms. The van der Waals surface area contributed by atoms with Crippen molar-refractivity contribution in [2.45, 2.75) is 20.4 Å². The average Bonchev–Trinajstić information content (AvgIpc) is 2.11. The van der Waals surface area contributed by atoms with Gasteiger partial charge in [0.1, 0.15) is 5.82 Å². The monoisotopic (exact) mass is 203 g/mol. The van der Waals surface area contributed by atoms with E-state index in [9.17, 15) is 4.39 Å². The minimum atomic E-state index is -0.308. The molecule has 0 fully saturated rings. The summed E-state index contributed by atoms with van der Waals surface area (Å²) in [5.41, 5.74) is 3.60. The van der Waals surface area contributed by atoms with Gasteiger partial charge in [0.05, 0.1) is 0 Å². The van der Waals surface area contributed by atoms with Gasteiger partial charge in [-0.05, 0) is 31.0 Å². The summed E-state index contributed by atoms with van der Waals surface area (Å²) >= 11 is 5.78. The van der Waals surface area contributed by atoms with E-state index in [2.05, 4.69) is 0 Å². The fraction of sp³-hybridized carbons (Fsp3) is 0.333. The Morgan fingerprint density at radius 3 is 2.62 bits per heavy atom. The summed E-state index contributed by atoms with van der Waals surface area (Å²) in [6.45, 7) is 3.48. The molecule has 0 aromatic heterocycles. The summed E-state index contributed by atoms with van der Waals surface area (Å²) in [4.78, 5) is 0. The molecule has 0 aliphatic rings. The molecule has 0 heterocycles. The Bertz CT molecular complexity index is 328. The molecule has 1 aromatic rings. The highest BCUT2D eigenvalue weighted by Gasteiger charge is 2.10. The van der Waals surface area contributed by atoms with Crippen LogP contribution in [0.2, 0.25) is 5.02 Å². The maximum absolute atomic E-state index is 13.4. The number of nitrogens with one attached hydrogen (secondary N) is 1. The lowest BCUT2D eigenvalue weighted by Gasteiger charge is -2.09. The summed E-state index contributed by atoms with van der Waals surface area (Å²) in [6.07, 6.45) is 0. The van der Waals surface area contributed by atoms with Crippen molar-refractivity contribution in [2.24, 2.45) is 0 Å². The molecule has 1 rings (SSSR count). The summed E-state index contributed by atoms with van der Waals surface area (Å²) in [5.74, 6) is -0.308. The number of hydroxylamine groups is 1. The Morgan fingerprint density at radius 2 is 2.08 bits per heavy atom. The molecule has 0 amide bonds. The molecule has 0 saturated carbocycles. The fourth-order valence-electron chi connectivity index (χ4n) is 1.17. The molecule has 0 aliphatic heterocycles. The van der Waals surface area contributed by atoms with Gasteiger partial charge in [0.2, 0.25) is 0 Å². The van der Waals surface area contributed by atoms with Gasteiger partial charge in [0.25, 0.3) is 0 Å². The zero-order valence-electron chi connectivity index (χ0n) is 7.49. The highest BCUT2D eigenvalue weighted by atomic mass is 35.5. The van der Waals surface area contributed by atoms with Crippen LogP contribution in [0.15, 0.2) is 6.07 Å². The van der Waals surface area contributed by atoms with Crippen molar-refractivity contribution >= 4 is 11.6 Å². The van der Waals surface area contributed by atoms with Gasteiger partial charge >= 0.3 is 0 Å². The molecule has 0 radical (unpaired) electrons. The highest BCUT2D eigenvalue weighted by Crippen LogP contribution is 2.24. The lowest BCUT2D eigenvalue weighted by Crippen LogP contribution is -2.09. The Labute approximate surface area is 81.3 Å². The van der Waals surface area contributed by atoms with E-state index in [0.717, 1.165) is 0 Å². The number of rotatable bonds is 2. The Balaban J connectivity index is 3.24. The van der Waals surface area contributed by atoms with Crippen molar-refractivity contribution in [3.63, 3.8) is 0 Å². The molecule has 0 unspecified atom stereocenters. The Kier molecular flexibility index (Phi) is 3.25. The molecule has 1 aromatic carbocycles. The van der Waals surface area contributed by atoms with Crippen LogP contribution in [0.4, 0.5) is 4.39 Å². The normalized spacial score (nSPS) is 10.5. The first-order chi connectivity index (χ1) is 6.07. The molecule has 13 heavy (non-hydrogen) atoms. The predicted octanol–water partition coefficient (Wildman–Crippen LogP) is 2.57. The summed E-state index contributed by atoms with van der Waals surface area (Å²) in [7, 11) is 0. The van der Waals surface area contributed by atoms with Crippen molar-refractivity contribution < 1.29 is 9.60 Å². The van der Waals surface area contributed by atoms with Crippen molar-refractivity contribution in [3.8, 4) is 0 Å². The lowest BCUT2D eigenvalue weighted by molar-refractivity contribution is 0.161.